The highest BCUT2D eigenvalue weighted by Crippen LogP contribution is 2.45. The van der Waals surface area contributed by atoms with Gasteiger partial charge in [-0.05, 0) is 38.2 Å². The van der Waals surface area contributed by atoms with Gasteiger partial charge >= 0.3 is 12.2 Å². The Labute approximate surface area is 203 Å². The number of urea groups is 1. The lowest BCUT2D eigenvalue weighted by Crippen LogP contribution is -2.53. The number of aromatic nitrogens is 5. The Balaban J connectivity index is 1.30. The third-order valence-corrected chi connectivity index (χ3v) is 7.19. The first-order chi connectivity index (χ1) is 17.0. The molecule has 3 aromatic rings. The second-order valence-corrected chi connectivity index (χ2v) is 10.7. The van der Waals surface area contributed by atoms with Crippen molar-refractivity contribution in [1.82, 2.24) is 29.9 Å². The maximum atomic E-state index is 14.6. The zero-order valence-electron chi connectivity index (χ0n) is 19.8. The van der Waals surface area contributed by atoms with Crippen LogP contribution in [0.4, 0.5) is 33.9 Å². The summed E-state index contributed by atoms with van der Waals surface area (Å²) in [7, 11) is 0. The molecule has 1 aliphatic carbocycles. The first kappa shape index (κ1) is 23.0. The van der Waals surface area contributed by atoms with Gasteiger partial charge in [-0.15, -0.1) is 0 Å². The summed E-state index contributed by atoms with van der Waals surface area (Å²) in [4.78, 5) is 20.5. The third kappa shape index (κ3) is 4.13. The monoisotopic (exact) mass is 506 g/mol. The van der Waals surface area contributed by atoms with Gasteiger partial charge in [0, 0.05) is 32.4 Å². The number of likely N-dealkylation sites (tertiary alicyclic amines) is 1. The predicted molar refractivity (Wildman–Crippen MR) is 124 cm³/mol. The molecule has 0 bridgehead atoms. The predicted octanol–water partition coefficient (Wildman–Crippen LogP) is 4.05. The molecule has 3 aliphatic rings. The summed E-state index contributed by atoms with van der Waals surface area (Å²) in [6.07, 6.45) is -0.0563. The van der Waals surface area contributed by atoms with Gasteiger partial charge in [0.25, 0.3) is 0 Å². The Morgan fingerprint density at radius 3 is 2.53 bits per heavy atom. The molecule has 3 fully saturated rings. The van der Waals surface area contributed by atoms with E-state index in [0.29, 0.717) is 45.6 Å². The van der Waals surface area contributed by atoms with Crippen molar-refractivity contribution in [3.63, 3.8) is 0 Å². The topological polar surface area (TPSA) is 95.0 Å². The highest BCUT2D eigenvalue weighted by Gasteiger charge is 2.48. The Kier molecular flexibility index (Phi) is 5.00. The number of carbonyl (C=O) groups is 1. The maximum absolute atomic E-state index is 14.6. The first-order valence-corrected chi connectivity index (χ1v) is 11.9. The molecule has 0 aromatic carbocycles. The summed E-state index contributed by atoms with van der Waals surface area (Å²) < 4.78 is 55.1. The molecule has 13 heteroatoms. The molecule has 0 spiro atoms. The van der Waals surface area contributed by atoms with Gasteiger partial charge in [-0.3, -0.25) is 14.8 Å². The van der Waals surface area contributed by atoms with Crippen LogP contribution < -0.4 is 10.2 Å². The second-order valence-electron chi connectivity index (χ2n) is 10.7. The number of H-pyrrole nitrogens is 1. The summed E-state index contributed by atoms with van der Waals surface area (Å²) in [6, 6.07) is 1.49. The van der Waals surface area contributed by atoms with E-state index in [0.717, 1.165) is 13.1 Å². The van der Waals surface area contributed by atoms with Crippen LogP contribution in [0.2, 0.25) is 0 Å². The number of nitrogens with one attached hydrogen (secondary N) is 2. The molecule has 2 amide bonds. The van der Waals surface area contributed by atoms with Crippen molar-refractivity contribution in [1.29, 1.82) is 0 Å². The summed E-state index contributed by atoms with van der Waals surface area (Å²) >= 11 is 0. The number of anilines is 2. The zero-order valence-corrected chi connectivity index (χ0v) is 19.8. The molecule has 1 saturated carbocycles. The molecule has 2 aliphatic heterocycles. The molecule has 2 saturated heterocycles. The standard InChI is InChI=1S/C23H26F4N8O/c1-22(2,24)11-35-18-4-16(28-5-15(18)20(32-35)33-9-14(10-33)23(25,26)27)19-17(6-29-31-19)30-21(36)34-7-12-3-13(12)8-34/h4-6,12-14H,3,7-11H2,1-2H3,(H,29,31)(H,30,36). The van der Waals surface area contributed by atoms with Crippen molar-refractivity contribution in [2.45, 2.75) is 38.7 Å². The van der Waals surface area contributed by atoms with E-state index < -0.39 is 17.8 Å². The van der Waals surface area contributed by atoms with Crippen LogP contribution in [0, 0.1) is 17.8 Å². The van der Waals surface area contributed by atoms with E-state index in [-0.39, 0.29) is 25.7 Å². The van der Waals surface area contributed by atoms with E-state index in [4.69, 9.17) is 0 Å². The van der Waals surface area contributed by atoms with Crippen LogP contribution in [-0.2, 0) is 6.54 Å². The van der Waals surface area contributed by atoms with Gasteiger partial charge in [0.05, 0.1) is 40.9 Å². The average Bonchev–Trinajstić information content (AvgIpc) is 3.09. The number of nitrogens with zero attached hydrogens (tertiary/aromatic N) is 6. The highest BCUT2D eigenvalue weighted by atomic mass is 19.4. The van der Waals surface area contributed by atoms with Crippen LogP contribution >= 0.6 is 0 Å². The van der Waals surface area contributed by atoms with E-state index in [1.54, 1.807) is 11.0 Å². The van der Waals surface area contributed by atoms with Crippen LogP contribution in [0.25, 0.3) is 22.3 Å². The number of hydrogen-bond donors (Lipinski definition) is 2. The number of piperidine rings is 1. The number of alkyl halides is 4. The lowest BCUT2D eigenvalue weighted by atomic mass is 9.99. The number of rotatable bonds is 5. The van der Waals surface area contributed by atoms with Crippen molar-refractivity contribution < 1.29 is 22.4 Å². The van der Waals surface area contributed by atoms with Crippen LogP contribution in [0.3, 0.4) is 0 Å². The summed E-state index contributed by atoms with van der Waals surface area (Å²) in [5, 5.41) is 14.8. The van der Waals surface area contributed by atoms with E-state index in [9.17, 15) is 22.4 Å². The SMILES string of the molecule is CC(C)(F)Cn1nc(N2CC(C(F)(F)F)C2)c2cnc(-c3[nH]ncc3NC(=O)N3CC4CC4C3)cc21. The summed E-state index contributed by atoms with van der Waals surface area (Å²) in [6.45, 7) is 3.83. The average molecular weight is 507 g/mol. The van der Waals surface area contributed by atoms with Crippen LogP contribution in [0.15, 0.2) is 18.5 Å². The normalized spacial score (nSPS) is 22.2. The highest BCUT2D eigenvalue weighted by molar-refractivity contribution is 5.96. The lowest BCUT2D eigenvalue weighted by molar-refractivity contribution is -0.180. The Morgan fingerprint density at radius 1 is 1.14 bits per heavy atom. The molecular weight excluding hydrogens is 480 g/mol. The first-order valence-electron chi connectivity index (χ1n) is 11.9. The Bertz CT molecular complexity index is 1310. The van der Waals surface area contributed by atoms with E-state index >= 15 is 0 Å². The smallest absolute Gasteiger partial charge is 0.353 e. The fraction of sp³-hybridized carbons (Fsp3) is 0.565. The maximum Gasteiger partial charge on any atom is 0.395 e. The molecule has 2 unspecified atom stereocenters. The van der Waals surface area contributed by atoms with Crippen LogP contribution in [0.5, 0.6) is 0 Å². The quantitative estimate of drug-likeness (QED) is 0.509. The fourth-order valence-corrected chi connectivity index (χ4v) is 5.09. The minimum atomic E-state index is -4.27. The van der Waals surface area contributed by atoms with Gasteiger partial charge in [-0.1, -0.05) is 0 Å². The van der Waals surface area contributed by atoms with Gasteiger partial charge in [-0.25, -0.2) is 9.18 Å². The molecule has 3 aromatic heterocycles. The number of amides is 2. The van der Waals surface area contributed by atoms with Gasteiger partial charge < -0.3 is 15.1 Å². The Morgan fingerprint density at radius 2 is 1.86 bits per heavy atom. The van der Waals surface area contributed by atoms with Gasteiger partial charge in [0.1, 0.15) is 11.4 Å². The largest absolute Gasteiger partial charge is 0.395 e. The molecule has 5 heterocycles. The summed E-state index contributed by atoms with van der Waals surface area (Å²) in [5.41, 5.74) is 0.306. The molecule has 192 valence electrons. The van der Waals surface area contributed by atoms with Crippen molar-refractivity contribution in [2.75, 3.05) is 36.4 Å². The number of carbonyl (C=O) groups excluding carboxylic acids is 1. The zero-order chi connectivity index (χ0) is 25.4. The van der Waals surface area contributed by atoms with E-state index in [2.05, 4.69) is 25.6 Å². The molecule has 9 nitrogen and oxygen atoms in total. The molecule has 2 N–H and O–H groups in total. The van der Waals surface area contributed by atoms with Crippen molar-refractivity contribution in [3.05, 3.63) is 18.5 Å². The van der Waals surface area contributed by atoms with Gasteiger partial charge in [0.15, 0.2) is 5.82 Å². The lowest BCUT2D eigenvalue weighted by Gasteiger charge is -2.40. The van der Waals surface area contributed by atoms with Crippen LogP contribution in [-0.4, -0.2) is 73.9 Å². The summed E-state index contributed by atoms with van der Waals surface area (Å²) in [5.74, 6) is 0.145. The van der Waals surface area contributed by atoms with E-state index in [1.165, 1.54) is 42.2 Å². The van der Waals surface area contributed by atoms with Crippen molar-refractivity contribution in [2.24, 2.45) is 17.8 Å². The third-order valence-electron chi connectivity index (χ3n) is 7.19. The number of pyridine rings is 1. The Hall–Kier alpha value is -3.38. The number of hydrogen-bond acceptors (Lipinski definition) is 5. The second kappa shape index (κ2) is 7.81. The minimum absolute atomic E-state index is 0.0899. The number of halogens is 4. The molecule has 36 heavy (non-hydrogen) atoms. The number of aromatic amines is 1. The van der Waals surface area contributed by atoms with Gasteiger partial charge in [-0.2, -0.15) is 23.4 Å². The fourth-order valence-electron chi connectivity index (χ4n) is 5.09. The molecule has 2 atom stereocenters. The van der Waals surface area contributed by atoms with E-state index in [1.807, 2.05) is 0 Å². The van der Waals surface area contributed by atoms with Crippen molar-refractivity contribution >= 4 is 28.4 Å². The van der Waals surface area contributed by atoms with Crippen LogP contribution in [0.1, 0.15) is 20.3 Å². The minimum Gasteiger partial charge on any atom is -0.353 e. The molecular formula is C23H26F4N8O. The number of fused-ring (bicyclic) bond motifs is 2. The van der Waals surface area contributed by atoms with Gasteiger partial charge in [0.2, 0.25) is 0 Å². The van der Waals surface area contributed by atoms with Crippen molar-refractivity contribution in [3.8, 4) is 11.4 Å². The molecule has 0 radical (unpaired) electrons. The molecule has 6 rings (SSSR count).